The summed E-state index contributed by atoms with van der Waals surface area (Å²) in [5.41, 5.74) is -0.649. The van der Waals surface area contributed by atoms with E-state index in [1.807, 2.05) is 6.92 Å². The molecule has 0 bridgehead atoms. The van der Waals surface area contributed by atoms with E-state index in [2.05, 4.69) is 29.0 Å². The quantitative estimate of drug-likeness (QED) is 0.727. The van der Waals surface area contributed by atoms with Gasteiger partial charge in [-0.25, -0.2) is 0 Å². The standard InChI is InChI=1S/C15H31N3O2/c1-13(2)16-11-15(3,19)12-17-5-4-14(10-17)18-6-8-20-9-7-18/h13-14,16,19H,4-12H2,1-3H3. The summed E-state index contributed by atoms with van der Waals surface area (Å²) in [6.07, 6.45) is 1.22. The Morgan fingerprint density at radius 3 is 2.65 bits per heavy atom. The number of rotatable bonds is 6. The van der Waals surface area contributed by atoms with Crippen molar-refractivity contribution in [3.8, 4) is 0 Å². The van der Waals surface area contributed by atoms with E-state index in [4.69, 9.17) is 4.74 Å². The first-order valence-electron chi connectivity index (χ1n) is 7.96. The highest BCUT2D eigenvalue weighted by Gasteiger charge is 2.32. The molecule has 5 nitrogen and oxygen atoms in total. The predicted molar refractivity (Wildman–Crippen MR) is 81.0 cm³/mol. The molecule has 0 saturated carbocycles. The number of ether oxygens (including phenoxy) is 1. The van der Waals surface area contributed by atoms with Crippen molar-refractivity contribution in [2.45, 2.75) is 44.9 Å². The van der Waals surface area contributed by atoms with E-state index in [1.165, 1.54) is 6.42 Å². The van der Waals surface area contributed by atoms with Crippen molar-refractivity contribution in [2.75, 3.05) is 52.5 Å². The molecule has 0 aliphatic carbocycles. The Morgan fingerprint density at radius 1 is 1.30 bits per heavy atom. The SMILES string of the molecule is CC(C)NCC(C)(O)CN1CCC(N2CCOCC2)C1. The summed E-state index contributed by atoms with van der Waals surface area (Å²) >= 11 is 0. The van der Waals surface area contributed by atoms with Gasteiger partial charge in [0.05, 0.1) is 18.8 Å². The maximum atomic E-state index is 10.5. The number of β-amino-alcohol motifs (C(OH)–C–C–N with tert-alkyl or cyclic N) is 1. The summed E-state index contributed by atoms with van der Waals surface area (Å²) < 4.78 is 5.42. The monoisotopic (exact) mass is 285 g/mol. The molecule has 0 aromatic rings. The third-order valence-corrected chi connectivity index (χ3v) is 4.26. The lowest BCUT2D eigenvalue weighted by Crippen LogP contribution is -2.49. The largest absolute Gasteiger partial charge is 0.388 e. The van der Waals surface area contributed by atoms with Crippen LogP contribution in [-0.4, -0.2) is 85.1 Å². The minimum absolute atomic E-state index is 0.418. The van der Waals surface area contributed by atoms with Gasteiger partial charge in [0.2, 0.25) is 0 Å². The van der Waals surface area contributed by atoms with Crippen molar-refractivity contribution >= 4 is 0 Å². The summed E-state index contributed by atoms with van der Waals surface area (Å²) in [5.74, 6) is 0. The van der Waals surface area contributed by atoms with Crippen LogP contribution >= 0.6 is 0 Å². The van der Waals surface area contributed by atoms with Crippen molar-refractivity contribution in [3.63, 3.8) is 0 Å². The molecule has 2 fully saturated rings. The van der Waals surface area contributed by atoms with E-state index in [0.29, 0.717) is 18.6 Å². The van der Waals surface area contributed by atoms with Gasteiger partial charge in [0, 0.05) is 44.8 Å². The highest BCUT2D eigenvalue weighted by Crippen LogP contribution is 2.19. The molecule has 2 saturated heterocycles. The van der Waals surface area contributed by atoms with Gasteiger partial charge in [-0.1, -0.05) is 13.8 Å². The summed E-state index contributed by atoms with van der Waals surface area (Å²) in [7, 11) is 0. The zero-order chi connectivity index (χ0) is 14.6. The molecule has 118 valence electrons. The second kappa shape index (κ2) is 7.18. The van der Waals surface area contributed by atoms with Crippen LogP contribution in [0.4, 0.5) is 0 Å². The van der Waals surface area contributed by atoms with Gasteiger partial charge in [-0.05, 0) is 19.9 Å². The van der Waals surface area contributed by atoms with Gasteiger partial charge in [-0.3, -0.25) is 9.80 Å². The normalized spacial score (nSPS) is 28.9. The van der Waals surface area contributed by atoms with Crippen molar-refractivity contribution in [2.24, 2.45) is 0 Å². The lowest BCUT2D eigenvalue weighted by Gasteiger charge is -2.33. The molecule has 2 N–H and O–H groups in total. The Labute approximate surface area is 123 Å². The number of nitrogens with zero attached hydrogens (tertiary/aromatic N) is 2. The lowest BCUT2D eigenvalue weighted by atomic mass is 10.1. The third-order valence-electron chi connectivity index (χ3n) is 4.26. The molecule has 0 aromatic heterocycles. The molecule has 2 rings (SSSR count). The average molecular weight is 285 g/mol. The van der Waals surface area contributed by atoms with Crippen LogP contribution in [-0.2, 0) is 4.74 Å². The van der Waals surface area contributed by atoms with Crippen molar-refractivity contribution in [3.05, 3.63) is 0 Å². The highest BCUT2D eigenvalue weighted by molar-refractivity contribution is 4.89. The van der Waals surface area contributed by atoms with Gasteiger partial charge in [-0.15, -0.1) is 0 Å². The summed E-state index contributed by atoms with van der Waals surface area (Å²) in [6, 6.07) is 1.06. The first-order valence-corrected chi connectivity index (χ1v) is 7.96. The molecule has 0 radical (unpaired) electrons. The van der Waals surface area contributed by atoms with Crippen LogP contribution in [0, 0.1) is 0 Å². The third kappa shape index (κ3) is 4.97. The van der Waals surface area contributed by atoms with Gasteiger partial charge in [0.25, 0.3) is 0 Å². The molecule has 2 aliphatic heterocycles. The van der Waals surface area contributed by atoms with E-state index < -0.39 is 5.60 Å². The summed E-state index contributed by atoms with van der Waals surface area (Å²) in [4.78, 5) is 4.95. The molecule has 2 aliphatic rings. The molecule has 2 atom stereocenters. The molecule has 0 amide bonds. The number of aliphatic hydroxyl groups is 1. The smallest absolute Gasteiger partial charge is 0.0869 e. The van der Waals surface area contributed by atoms with Crippen LogP contribution in [0.15, 0.2) is 0 Å². The summed E-state index contributed by atoms with van der Waals surface area (Å²) in [5, 5.41) is 13.8. The zero-order valence-electron chi connectivity index (χ0n) is 13.3. The minimum atomic E-state index is -0.649. The first kappa shape index (κ1) is 16.2. The number of hydrogen-bond acceptors (Lipinski definition) is 5. The molecule has 2 heterocycles. The van der Waals surface area contributed by atoms with Crippen LogP contribution in [0.1, 0.15) is 27.2 Å². The van der Waals surface area contributed by atoms with Crippen molar-refractivity contribution < 1.29 is 9.84 Å². The van der Waals surface area contributed by atoms with Crippen molar-refractivity contribution in [1.82, 2.24) is 15.1 Å². The maximum absolute atomic E-state index is 10.5. The summed E-state index contributed by atoms with van der Waals surface area (Å²) in [6.45, 7) is 13.6. The van der Waals surface area contributed by atoms with Gasteiger partial charge >= 0.3 is 0 Å². The minimum Gasteiger partial charge on any atom is -0.388 e. The molecular formula is C15H31N3O2. The Kier molecular flexibility index (Phi) is 5.81. The fourth-order valence-corrected chi connectivity index (χ4v) is 3.16. The second-order valence-corrected chi connectivity index (χ2v) is 6.86. The average Bonchev–Trinajstić information content (AvgIpc) is 2.85. The molecule has 5 heteroatoms. The molecule has 20 heavy (non-hydrogen) atoms. The van der Waals surface area contributed by atoms with Gasteiger partial charge in [0.15, 0.2) is 0 Å². The number of nitrogens with one attached hydrogen (secondary N) is 1. The number of morpholine rings is 1. The Balaban J connectivity index is 1.74. The Hall–Kier alpha value is -0.200. The highest BCUT2D eigenvalue weighted by atomic mass is 16.5. The molecule has 0 aromatic carbocycles. The van der Waals surface area contributed by atoms with E-state index in [1.54, 1.807) is 0 Å². The topological polar surface area (TPSA) is 48.0 Å². The van der Waals surface area contributed by atoms with E-state index in [-0.39, 0.29) is 0 Å². The number of likely N-dealkylation sites (tertiary alicyclic amines) is 1. The maximum Gasteiger partial charge on any atom is 0.0869 e. The van der Waals surface area contributed by atoms with E-state index in [9.17, 15) is 5.11 Å². The predicted octanol–water partition coefficient (Wildman–Crippen LogP) is 0.142. The van der Waals surface area contributed by atoms with Crippen LogP contribution in [0.2, 0.25) is 0 Å². The zero-order valence-corrected chi connectivity index (χ0v) is 13.3. The fourth-order valence-electron chi connectivity index (χ4n) is 3.16. The van der Waals surface area contributed by atoms with E-state index in [0.717, 1.165) is 45.9 Å². The van der Waals surface area contributed by atoms with Gasteiger partial charge < -0.3 is 15.2 Å². The first-order chi connectivity index (χ1) is 9.46. The van der Waals surface area contributed by atoms with Crippen LogP contribution in [0.25, 0.3) is 0 Å². The van der Waals surface area contributed by atoms with Crippen molar-refractivity contribution in [1.29, 1.82) is 0 Å². The van der Waals surface area contributed by atoms with Crippen LogP contribution in [0.3, 0.4) is 0 Å². The lowest BCUT2D eigenvalue weighted by molar-refractivity contribution is 0.00879. The number of hydrogen-bond donors (Lipinski definition) is 2. The molecule has 0 spiro atoms. The van der Waals surface area contributed by atoms with Crippen LogP contribution in [0.5, 0.6) is 0 Å². The van der Waals surface area contributed by atoms with Gasteiger partial charge in [0.1, 0.15) is 0 Å². The fraction of sp³-hybridized carbons (Fsp3) is 1.00. The van der Waals surface area contributed by atoms with E-state index >= 15 is 0 Å². The molecule has 2 unspecified atom stereocenters. The second-order valence-electron chi connectivity index (χ2n) is 6.86. The Morgan fingerprint density at radius 2 is 2.00 bits per heavy atom. The van der Waals surface area contributed by atoms with Crippen LogP contribution < -0.4 is 5.32 Å². The molecular weight excluding hydrogens is 254 g/mol. The Bertz CT molecular complexity index is 291. The van der Waals surface area contributed by atoms with Gasteiger partial charge in [-0.2, -0.15) is 0 Å².